The maximum Gasteiger partial charge on any atom is 0.264 e. The summed E-state index contributed by atoms with van der Waals surface area (Å²) in [7, 11) is -7.57. The number of nitrogens with zero attached hydrogens (tertiary/aromatic N) is 3. The Labute approximate surface area is 231 Å². The first-order chi connectivity index (χ1) is 18.4. The average Bonchev–Trinajstić information content (AvgIpc) is 2.88. The third kappa shape index (κ3) is 7.11. The van der Waals surface area contributed by atoms with Crippen molar-refractivity contribution in [1.82, 2.24) is 9.97 Å². The number of amides is 1. The number of halogens is 1. The minimum atomic E-state index is -3.93. The number of hydrogen-bond donors (Lipinski definition) is 2. The van der Waals surface area contributed by atoms with Gasteiger partial charge in [0.2, 0.25) is 16.0 Å². The van der Waals surface area contributed by atoms with Crippen LogP contribution in [-0.2, 0) is 26.6 Å². The van der Waals surface area contributed by atoms with E-state index in [2.05, 4.69) is 20.0 Å². The van der Waals surface area contributed by atoms with Gasteiger partial charge in [-0.25, -0.2) is 31.5 Å². The number of aryl methyl sites for hydroxylation is 1. The van der Waals surface area contributed by atoms with Gasteiger partial charge in [-0.1, -0.05) is 29.8 Å². The average molecular weight is 586 g/mol. The van der Waals surface area contributed by atoms with E-state index in [1.807, 2.05) is 0 Å². The molecule has 1 amide bonds. The van der Waals surface area contributed by atoms with Crippen molar-refractivity contribution < 1.29 is 21.6 Å². The summed E-state index contributed by atoms with van der Waals surface area (Å²) in [6, 6.07) is 20.2. The van der Waals surface area contributed by atoms with Crippen molar-refractivity contribution in [2.45, 2.75) is 18.4 Å². The van der Waals surface area contributed by atoms with E-state index in [9.17, 15) is 21.6 Å². The van der Waals surface area contributed by atoms with E-state index >= 15 is 0 Å². The lowest BCUT2D eigenvalue weighted by atomic mass is 10.1. The van der Waals surface area contributed by atoms with Gasteiger partial charge in [0.05, 0.1) is 23.4 Å². The predicted molar refractivity (Wildman–Crippen MR) is 151 cm³/mol. The van der Waals surface area contributed by atoms with Crippen LogP contribution in [0.25, 0.3) is 0 Å². The molecule has 0 bridgehead atoms. The second kappa shape index (κ2) is 11.4. The van der Waals surface area contributed by atoms with Crippen LogP contribution in [0.15, 0.2) is 90.0 Å². The molecule has 0 aliphatic rings. The first-order valence-electron chi connectivity index (χ1n) is 11.5. The topological polar surface area (TPSA) is 138 Å². The first kappa shape index (κ1) is 28.0. The molecule has 0 radical (unpaired) electrons. The molecule has 13 heteroatoms. The molecule has 0 saturated carbocycles. The molecule has 0 unspecified atom stereocenters. The number of nitrogens with one attached hydrogen (secondary N) is 2. The van der Waals surface area contributed by atoms with E-state index in [0.717, 1.165) is 6.26 Å². The maximum absolute atomic E-state index is 12.8. The SMILES string of the molecule is Cc1ccnc(NS(=O)(=O)c2ccc(NC(=O)c3ccc(N(Cc4ccccc4Cl)S(C)(=O)=O)cc3)cc2)n1. The van der Waals surface area contributed by atoms with Crippen LogP contribution in [0.5, 0.6) is 0 Å². The molecule has 0 spiro atoms. The number of carbonyl (C=O) groups is 1. The first-order valence-corrected chi connectivity index (χ1v) is 15.2. The van der Waals surface area contributed by atoms with Crippen molar-refractivity contribution in [3.05, 3.63) is 107 Å². The van der Waals surface area contributed by atoms with E-state index in [0.29, 0.717) is 27.7 Å². The van der Waals surface area contributed by atoms with Gasteiger partial charge in [0.25, 0.3) is 15.9 Å². The van der Waals surface area contributed by atoms with Crippen LogP contribution in [-0.4, -0.2) is 39.0 Å². The molecule has 4 aromatic rings. The highest BCUT2D eigenvalue weighted by Crippen LogP contribution is 2.25. The number of aromatic nitrogens is 2. The van der Waals surface area contributed by atoms with Crippen molar-refractivity contribution in [1.29, 1.82) is 0 Å². The third-order valence-corrected chi connectivity index (χ3v) is 8.39. The number of rotatable bonds is 9. The minimum absolute atomic E-state index is 0.0319. The Balaban J connectivity index is 1.45. The van der Waals surface area contributed by atoms with Crippen LogP contribution in [0.4, 0.5) is 17.3 Å². The van der Waals surface area contributed by atoms with E-state index < -0.39 is 26.0 Å². The van der Waals surface area contributed by atoms with Crippen molar-refractivity contribution in [3.8, 4) is 0 Å². The lowest BCUT2D eigenvalue weighted by Crippen LogP contribution is -2.29. The summed E-state index contributed by atoms with van der Waals surface area (Å²) in [4.78, 5) is 20.7. The molecule has 202 valence electrons. The van der Waals surface area contributed by atoms with Crippen LogP contribution in [0.1, 0.15) is 21.6 Å². The zero-order valence-corrected chi connectivity index (χ0v) is 23.3. The molecule has 10 nitrogen and oxygen atoms in total. The standard InChI is InChI=1S/C26H24ClN5O5S2/c1-18-15-16-28-26(29-18)31-39(36,37)23-13-9-21(10-14-23)30-25(33)19-7-11-22(12-8-19)32(38(2,34)35)17-20-5-3-4-6-24(20)27/h3-16H,17H2,1-2H3,(H,30,33)(H,28,29,31). The summed E-state index contributed by atoms with van der Waals surface area (Å²) in [5.74, 6) is -0.502. The number of hydrogen-bond acceptors (Lipinski definition) is 7. The van der Waals surface area contributed by atoms with Gasteiger partial charge in [-0.3, -0.25) is 9.10 Å². The Hall–Kier alpha value is -4.00. The van der Waals surface area contributed by atoms with Crippen molar-refractivity contribution in [2.75, 3.05) is 20.6 Å². The van der Waals surface area contributed by atoms with Gasteiger partial charge in [-0.2, -0.15) is 0 Å². The maximum atomic E-state index is 12.8. The Morgan fingerprint density at radius 3 is 2.21 bits per heavy atom. The van der Waals surface area contributed by atoms with Gasteiger partial charge >= 0.3 is 0 Å². The normalized spacial score (nSPS) is 11.6. The summed E-state index contributed by atoms with van der Waals surface area (Å²) >= 11 is 6.21. The molecule has 0 saturated heterocycles. The van der Waals surface area contributed by atoms with E-state index in [-0.39, 0.29) is 23.0 Å². The Kier molecular flexibility index (Phi) is 8.19. The molecule has 0 atom stereocenters. The molecule has 0 aliphatic carbocycles. The van der Waals surface area contributed by atoms with Gasteiger partial charge in [0.15, 0.2) is 0 Å². The summed E-state index contributed by atoms with van der Waals surface area (Å²) in [5, 5.41) is 3.14. The van der Waals surface area contributed by atoms with Crippen molar-refractivity contribution in [2.24, 2.45) is 0 Å². The number of anilines is 3. The zero-order valence-electron chi connectivity index (χ0n) is 20.9. The smallest absolute Gasteiger partial charge is 0.264 e. The molecular weight excluding hydrogens is 562 g/mol. The summed E-state index contributed by atoms with van der Waals surface area (Å²) < 4.78 is 53.7. The highest BCUT2D eigenvalue weighted by atomic mass is 35.5. The summed E-state index contributed by atoms with van der Waals surface area (Å²) in [6.45, 7) is 1.75. The van der Waals surface area contributed by atoms with Crippen molar-refractivity contribution in [3.63, 3.8) is 0 Å². The molecule has 3 aromatic carbocycles. The zero-order chi connectivity index (χ0) is 28.2. The lowest BCUT2D eigenvalue weighted by Gasteiger charge is -2.23. The fourth-order valence-electron chi connectivity index (χ4n) is 3.56. The molecule has 2 N–H and O–H groups in total. The van der Waals surface area contributed by atoms with E-state index in [1.54, 1.807) is 37.3 Å². The quantitative estimate of drug-likeness (QED) is 0.296. The molecule has 4 rings (SSSR count). The summed E-state index contributed by atoms with van der Waals surface area (Å²) in [6.07, 6.45) is 2.54. The highest BCUT2D eigenvalue weighted by Gasteiger charge is 2.20. The van der Waals surface area contributed by atoms with Crippen LogP contribution >= 0.6 is 11.6 Å². The minimum Gasteiger partial charge on any atom is -0.322 e. The largest absolute Gasteiger partial charge is 0.322 e. The second-order valence-corrected chi connectivity index (χ2v) is 12.5. The predicted octanol–water partition coefficient (Wildman–Crippen LogP) is 4.46. The number of sulfonamides is 2. The third-order valence-electron chi connectivity index (χ3n) is 5.53. The molecule has 0 aliphatic heterocycles. The Morgan fingerprint density at radius 1 is 0.923 bits per heavy atom. The number of benzene rings is 3. The molecular formula is C26H24ClN5O5S2. The fourth-order valence-corrected chi connectivity index (χ4v) is 5.58. The van der Waals surface area contributed by atoms with Gasteiger partial charge in [-0.05, 0) is 73.2 Å². The van der Waals surface area contributed by atoms with Crippen LogP contribution < -0.4 is 14.3 Å². The van der Waals surface area contributed by atoms with Gasteiger partial charge in [0, 0.05) is 28.2 Å². The summed E-state index contributed by atoms with van der Waals surface area (Å²) in [5.41, 5.74) is 2.26. The van der Waals surface area contributed by atoms with Crippen molar-refractivity contribution >= 4 is 54.9 Å². The fraction of sp³-hybridized carbons (Fsp3) is 0.115. The van der Waals surface area contributed by atoms with Crippen LogP contribution in [0.3, 0.4) is 0 Å². The van der Waals surface area contributed by atoms with E-state index in [4.69, 9.17) is 11.6 Å². The highest BCUT2D eigenvalue weighted by molar-refractivity contribution is 7.92. The molecule has 39 heavy (non-hydrogen) atoms. The lowest BCUT2D eigenvalue weighted by molar-refractivity contribution is 0.102. The molecule has 1 heterocycles. The second-order valence-electron chi connectivity index (χ2n) is 8.51. The van der Waals surface area contributed by atoms with Gasteiger partial charge < -0.3 is 5.32 Å². The van der Waals surface area contributed by atoms with Crippen LogP contribution in [0, 0.1) is 6.92 Å². The monoisotopic (exact) mass is 585 g/mol. The molecule has 0 fully saturated rings. The van der Waals surface area contributed by atoms with Gasteiger partial charge in [-0.15, -0.1) is 0 Å². The Morgan fingerprint density at radius 2 is 1.59 bits per heavy atom. The van der Waals surface area contributed by atoms with Gasteiger partial charge in [0.1, 0.15) is 0 Å². The number of carbonyl (C=O) groups excluding carboxylic acids is 1. The van der Waals surface area contributed by atoms with E-state index in [1.165, 1.54) is 59.0 Å². The van der Waals surface area contributed by atoms with Crippen LogP contribution in [0.2, 0.25) is 5.02 Å². The molecule has 1 aromatic heterocycles. The Bertz CT molecular complexity index is 1710.